The van der Waals surface area contributed by atoms with Crippen molar-refractivity contribution >= 4 is 34.6 Å². The monoisotopic (exact) mass is 514 g/mol. The average Bonchev–Trinajstić information content (AvgIpc) is 3.34. The van der Waals surface area contributed by atoms with Crippen LogP contribution in [0.4, 0.5) is 5.69 Å². The highest BCUT2D eigenvalue weighted by Crippen LogP contribution is 2.44. The molecule has 1 aliphatic heterocycles. The molecule has 0 radical (unpaired) electrons. The summed E-state index contributed by atoms with van der Waals surface area (Å²) in [6.07, 6.45) is 1.81. The fourth-order valence-corrected chi connectivity index (χ4v) is 5.17. The third-order valence-electron chi connectivity index (χ3n) is 6.29. The lowest BCUT2D eigenvalue weighted by atomic mass is 9.96. The molecule has 4 rings (SSSR count). The van der Waals surface area contributed by atoms with E-state index in [1.165, 1.54) is 17.0 Å². The summed E-state index contributed by atoms with van der Waals surface area (Å²) < 4.78 is 18.4. The van der Waals surface area contributed by atoms with E-state index < -0.39 is 0 Å². The lowest BCUT2D eigenvalue weighted by molar-refractivity contribution is 0.146. The zero-order chi connectivity index (χ0) is 24.9. The quantitative estimate of drug-likeness (QED) is 0.301. The van der Waals surface area contributed by atoms with Gasteiger partial charge in [-0.2, -0.15) is 0 Å². The number of halogens is 1. The maximum atomic E-state index is 6.61. The number of aryl methyl sites for hydroxylation is 1. The minimum Gasteiger partial charge on any atom is -0.490 e. The molecule has 9 heteroatoms. The molecule has 2 aromatic heterocycles. The zero-order valence-electron chi connectivity index (χ0n) is 20.5. The van der Waals surface area contributed by atoms with E-state index in [0.717, 1.165) is 17.9 Å². The van der Waals surface area contributed by atoms with Gasteiger partial charge in [-0.15, -0.1) is 0 Å². The van der Waals surface area contributed by atoms with Crippen LogP contribution >= 0.6 is 23.8 Å². The molecule has 1 aromatic carbocycles. The Hall–Kier alpha value is -2.65. The fourth-order valence-electron chi connectivity index (χ4n) is 4.59. The second-order valence-corrected chi connectivity index (χ2v) is 9.22. The zero-order valence-corrected chi connectivity index (χ0v) is 22.0. The first-order valence-corrected chi connectivity index (χ1v) is 12.3. The van der Waals surface area contributed by atoms with Crippen molar-refractivity contribution in [2.45, 2.75) is 32.5 Å². The Morgan fingerprint density at radius 1 is 1.06 bits per heavy atom. The number of hydrogen-bond acceptors (Lipinski definition) is 5. The number of hydrogen-bond donors (Lipinski definition) is 1. The molecule has 3 aromatic rings. The SMILES string of the molecule is COCCOc1ccc(N2C(=S)N[C@@H](c3ccccn3)[C@@H]2c2cc(C)n(CCOC)c2C)cc1Cl. The van der Waals surface area contributed by atoms with Crippen LogP contribution in [0, 0.1) is 13.8 Å². The number of anilines is 1. The number of pyridine rings is 1. The van der Waals surface area contributed by atoms with Crippen LogP contribution in [0.5, 0.6) is 5.75 Å². The molecule has 0 bridgehead atoms. The van der Waals surface area contributed by atoms with E-state index in [-0.39, 0.29) is 12.1 Å². The Kier molecular flexibility index (Phi) is 8.28. The molecule has 1 aliphatic rings. The summed E-state index contributed by atoms with van der Waals surface area (Å²) in [5.41, 5.74) is 5.34. The minimum atomic E-state index is -0.128. The molecular formula is C26H31ClN4O3S. The Morgan fingerprint density at radius 3 is 2.54 bits per heavy atom. The van der Waals surface area contributed by atoms with E-state index in [1.54, 1.807) is 14.2 Å². The van der Waals surface area contributed by atoms with Gasteiger partial charge in [0.05, 0.1) is 36.0 Å². The minimum absolute atomic E-state index is 0.115. The number of aromatic nitrogens is 2. The summed E-state index contributed by atoms with van der Waals surface area (Å²) in [6, 6.07) is 13.7. The maximum Gasteiger partial charge on any atom is 0.174 e. The van der Waals surface area contributed by atoms with Crippen LogP contribution in [-0.2, 0) is 16.0 Å². The maximum absolute atomic E-state index is 6.61. The van der Waals surface area contributed by atoms with Crippen LogP contribution in [0.2, 0.25) is 5.02 Å². The highest BCUT2D eigenvalue weighted by atomic mass is 35.5. The lowest BCUT2D eigenvalue weighted by Gasteiger charge is -2.28. The summed E-state index contributed by atoms with van der Waals surface area (Å²) in [5.74, 6) is 0.612. The van der Waals surface area contributed by atoms with Crippen molar-refractivity contribution in [2.75, 3.05) is 38.9 Å². The van der Waals surface area contributed by atoms with Gasteiger partial charge in [0.2, 0.25) is 0 Å². The van der Waals surface area contributed by atoms with Gasteiger partial charge in [0, 0.05) is 44.0 Å². The normalized spacial score (nSPS) is 17.6. The Bertz CT molecular complexity index is 1170. The predicted octanol–water partition coefficient (Wildman–Crippen LogP) is 5.00. The van der Waals surface area contributed by atoms with Gasteiger partial charge in [-0.05, 0) is 68.0 Å². The molecule has 1 N–H and O–H groups in total. The van der Waals surface area contributed by atoms with Crippen molar-refractivity contribution in [3.05, 3.63) is 76.3 Å². The van der Waals surface area contributed by atoms with Crippen molar-refractivity contribution in [1.29, 1.82) is 0 Å². The van der Waals surface area contributed by atoms with Gasteiger partial charge in [0.25, 0.3) is 0 Å². The van der Waals surface area contributed by atoms with Crippen LogP contribution < -0.4 is 15.0 Å². The first-order chi connectivity index (χ1) is 17.0. The molecule has 3 heterocycles. The number of rotatable bonds is 10. The first-order valence-electron chi connectivity index (χ1n) is 11.5. The number of methoxy groups -OCH3 is 2. The molecule has 35 heavy (non-hydrogen) atoms. The van der Waals surface area contributed by atoms with Gasteiger partial charge in [-0.3, -0.25) is 4.98 Å². The van der Waals surface area contributed by atoms with E-state index in [1.807, 2.05) is 42.6 Å². The largest absolute Gasteiger partial charge is 0.490 e. The molecule has 7 nitrogen and oxygen atoms in total. The molecule has 0 saturated carbocycles. The summed E-state index contributed by atoms with van der Waals surface area (Å²) in [6.45, 7) is 6.61. The van der Waals surface area contributed by atoms with E-state index in [0.29, 0.717) is 35.7 Å². The van der Waals surface area contributed by atoms with Crippen LogP contribution in [0.15, 0.2) is 48.7 Å². The highest BCUT2D eigenvalue weighted by molar-refractivity contribution is 7.80. The fraction of sp³-hybridized carbons (Fsp3) is 0.385. The smallest absolute Gasteiger partial charge is 0.174 e. The average molecular weight is 515 g/mol. The molecule has 0 unspecified atom stereocenters. The predicted molar refractivity (Wildman–Crippen MR) is 143 cm³/mol. The number of benzene rings is 1. The van der Waals surface area contributed by atoms with Crippen molar-refractivity contribution in [3.63, 3.8) is 0 Å². The van der Waals surface area contributed by atoms with Crippen LogP contribution in [0.25, 0.3) is 0 Å². The Morgan fingerprint density at radius 2 is 1.86 bits per heavy atom. The van der Waals surface area contributed by atoms with Gasteiger partial charge in [-0.25, -0.2) is 0 Å². The summed E-state index contributed by atoms with van der Waals surface area (Å²) in [4.78, 5) is 6.77. The van der Waals surface area contributed by atoms with Gasteiger partial charge < -0.3 is 29.0 Å². The number of nitrogens with one attached hydrogen (secondary N) is 1. The Balaban J connectivity index is 1.76. The van der Waals surface area contributed by atoms with E-state index in [2.05, 4.69) is 39.7 Å². The van der Waals surface area contributed by atoms with Gasteiger partial charge in [-0.1, -0.05) is 17.7 Å². The van der Waals surface area contributed by atoms with Crippen molar-refractivity contribution in [3.8, 4) is 5.75 Å². The molecule has 1 saturated heterocycles. The second-order valence-electron chi connectivity index (χ2n) is 8.42. The molecule has 2 atom stereocenters. The van der Waals surface area contributed by atoms with E-state index >= 15 is 0 Å². The summed E-state index contributed by atoms with van der Waals surface area (Å²) in [7, 11) is 3.36. The lowest BCUT2D eigenvalue weighted by Crippen LogP contribution is -2.29. The molecular weight excluding hydrogens is 484 g/mol. The van der Waals surface area contributed by atoms with Crippen LogP contribution in [0.1, 0.15) is 34.7 Å². The first kappa shape index (κ1) is 25.4. The molecule has 0 amide bonds. The van der Waals surface area contributed by atoms with Crippen molar-refractivity contribution < 1.29 is 14.2 Å². The number of nitrogens with zero attached hydrogens (tertiary/aromatic N) is 3. The summed E-state index contributed by atoms with van der Waals surface area (Å²) >= 11 is 12.5. The third kappa shape index (κ3) is 5.30. The second kappa shape index (κ2) is 11.4. The van der Waals surface area contributed by atoms with Crippen molar-refractivity contribution in [2.24, 2.45) is 0 Å². The molecule has 0 aliphatic carbocycles. The van der Waals surface area contributed by atoms with Crippen molar-refractivity contribution in [1.82, 2.24) is 14.9 Å². The van der Waals surface area contributed by atoms with E-state index in [9.17, 15) is 0 Å². The van der Waals surface area contributed by atoms with Crippen LogP contribution in [0.3, 0.4) is 0 Å². The topological polar surface area (TPSA) is 60.8 Å². The highest BCUT2D eigenvalue weighted by Gasteiger charge is 2.42. The number of ether oxygens (including phenoxy) is 3. The third-order valence-corrected chi connectivity index (χ3v) is 6.90. The van der Waals surface area contributed by atoms with E-state index in [4.69, 9.17) is 38.0 Å². The summed E-state index contributed by atoms with van der Waals surface area (Å²) in [5, 5.41) is 4.65. The molecule has 0 spiro atoms. The van der Waals surface area contributed by atoms with Gasteiger partial charge in [0.15, 0.2) is 5.11 Å². The van der Waals surface area contributed by atoms with Gasteiger partial charge >= 0.3 is 0 Å². The standard InChI is InChI=1S/C26H31ClN4O3S/c1-17-15-20(18(2)30(17)11-12-32-3)25-24(22-7-5-6-10-28-22)29-26(35)31(25)19-8-9-23(21(27)16-19)34-14-13-33-4/h5-10,15-16,24-25H,11-14H2,1-4H3,(H,29,35)/t24-,25-/m0/s1. The van der Waals surface area contributed by atoms with Gasteiger partial charge in [0.1, 0.15) is 12.4 Å². The Labute approximate surface area is 217 Å². The molecule has 1 fully saturated rings. The number of thiocarbonyl (C=S) groups is 1. The molecule has 186 valence electrons. The van der Waals surface area contributed by atoms with Crippen LogP contribution in [-0.4, -0.2) is 48.7 Å².